The quantitative estimate of drug-likeness (QED) is 0.862. The predicted molar refractivity (Wildman–Crippen MR) is 97.6 cm³/mol. The van der Waals surface area contributed by atoms with E-state index in [2.05, 4.69) is 70.9 Å². The number of anilines is 1. The molecule has 1 saturated heterocycles. The first-order chi connectivity index (χ1) is 11.3. The van der Waals surface area contributed by atoms with Crippen LogP contribution in [-0.2, 0) is 6.42 Å². The fraction of sp³-hybridized carbons (Fsp3) is 0.400. The van der Waals surface area contributed by atoms with Crippen LogP contribution < -0.4 is 11.1 Å². The molecule has 0 radical (unpaired) electrons. The minimum Gasteiger partial charge on any atom is -0.382 e. The van der Waals surface area contributed by atoms with Gasteiger partial charge in [-0.2, -0.15) is 0 Å². The number of benzene rings is 2. The average molecular weight is 309 g/mol. The van der Waals surface area contributed by atoms with Crippen molar-refractivity contribution in [3.63, 3.8) is 0 Å². The fourth-order valence-electron chi connectivity index (χ4n) is 3.42. The van der Waals surface area contributed by atoms with E-state index in [4.69, 9.17) is 5.73 Å². The molecule has 0 aliphatic carbocycles. The first-order valence-corrected chi connectivity index (χ1v) is 8.63. The van der Waals surface area contributed by atoms with E-state index >= 15 is 0 Å². The summed E-state index contributed by atoms with van der Waals surface area (Å²) in [6.07, 6.45) is 2.28. The SMILES string of the molecule is NC[C@@H]1CN(CCc2ccccc2)CC[C@H]1Nc1ccccc1. The van der Waals surface area contributed by atoms with Crippen molar-refractivity contribution >= 4 is 5.69 Å². The van der Waals surface area contributed by atoms with Crippen LogP contribution in [0.25, 0.3) is 0 Å². The van der Waals surface area contributed by atoms with Crippen molar-refractivity contribution in [2.24, 2.45) is 11.7 Å². The third kappa shape index (κ3) is 4.57. The lowest BCUT2D eigenvalue weighted by molar-refractivity contribution is 0.167. The molecule has 1 heterocycles. The van der Waals surface area contributed by atoms with Crippen molar-refractivity contribution in [2.75, 3.05) is 31.5 Å². The van der Waals surface area contributed by atoms with Gasteiger partial charge in [-0.25, -0.2) is 0 Å². The third-order valence-electron chi connectivity index (χ3n) is 4.81. The molecule has 2 atom stereocenters. The lowest BCUT2D eigenvalue weighted by Crippen LogP contribution is -2.49. The molecule has 0 spiro atoms. The predicted octanol–water partition coefficient (Wildman–Crippen LogP) is 2.99. The summed E-state index contributed by atoms with van der Waals surface area (Å²) in [5.74, 6) is 0.514. The zero-order chi connectivity index (χ0) is 15.9. The molecule has 0 amide bonds. The Hall–Kier alpha value is -1.84. The second kappa shape index (κ2) is 8.14. The van der Waals surface area contributed by atoms with Crippen molar-refractivity contribution < 1.29 is 0 Å². The molecule has 0 saturated carbocycles. The second-order valence-corrected chi connectivity index (χ2v) is 6.44. The molecule has 3 N–H and O–H groups in total. The highest BCUT2D eigenvalue weighted by Crippen LogP contribution is 2.21. The van der Waals surface area contributed by atoms with E-state index in [1.54, 1.807) is 0 Å². The Labute approximate surface area is 139 Å². The number of likely N-dealkylation sites (tertiary alicyclic amines) is 1. The van der Waals surface area contributed by atoms with Crippen LogP contribution in [0.1, 0.15) is 12.0 Å². The van der Waals surface area contributed by atoms with Crippen LogP contribution in [0.4, 0.5) is 5.69 Å². The zero-order valence-electron chi connectivity index (χ0n) is 13.7. The molecule has 23 heavy (non-hydrogen) atoms. The Bertz CT molecular complexity index is 570. The van der Waals surface area contributed by atoms with Crippen molar-refractivity contribution in [1.29, 1.82) is 0 Å². The van der Waals surface area contributed by atoms with Gasteiger partial charge in [0.05, 0.1) is 0 Å². The first-order valence-electron chi connectivity index (χ1n) is 8.63. The number of hydrogen-bond acceptors (Lipinski definition) is 3. The lowest BCUT2D eigenvalue weighted by atomic mass is 9.91. The largest absolute Gasteiger partial charge is 0.382 e. The first kappa shape index (κ1) is 16.0. The molecule has 0 unspecified atom stereocenters. The van der Waals surface area contributed by atoms with Gasteiger partial charge in [-0.05, 0) is 37.1 Å². The molecular formula is C20H27N3. The number of para-hydroxylation sites is 1. The maximum atomic E-state index is 6.05. The monoisotopic (exact) mass is 309 g/mol. The summed E-state index contributed by atoms with van der Waals surface area (Å²) in [4.78, 5) is 2.56. The van der Waals surface area contributed by atoms with E-state index in [9.17, 15) is 0 Å². The van der Waals surface area contributed by atoms with E-state index in [1.165, 1.54) is 11.3 Å². The van der Waals surface area contributed by atoms with Crippen LogP contribution >= 0.6 is 0 Å². The van der Waals surface area contributed by atoms with Crippen LogP contribution in [0.15, 0.2) is 60.7 Å². The molecular weight excluding hydrogens is 282 g/mol. The molecule has 1 aliphatic heterocycles. The Morgan fingerprint density at radius 2 is 1.70 bits per heavy atom. The van der Waals surface area contributed by atoms with Gasteiger partial charge < -0.3 is 16.0 Å². The van der Waals surface area contributed by atoms with Gasteiger partial charge in [-0.15, -0.1) is 0 Å². The van der Waals surface area contributed by atoms with E-state index in [1.807, 2.05) is 0 Å². The maximum absolute atomic E-state index is 6.05. The fourth-order valence-corrected chi connectivity index (χ4v) is 3.42. The minimum absolute atomic E-state index is 0.482. The molecule has 3 nitrogen and oxygen atoms in total. The Kier molecular flexibility index (Phi) is 5.67. The Morgan fingerprint density at radius 3 is 2.39 bits per heavy atom. The van der Waals surface area contributed by atoms with Gasteiger partial charge in [0.15, 0.2) is 0 Å². The summed E-state index contributed by atoms with van der Waals surface area (Å²) in [6.45, 7) is 4.10. The lowest BCUT2D eigenvalue weighted by Gasteiger charge is -2.39. The molecule has 1 fully saturated rings. The van der Waals surface area contributed by atoms with E-state index in [0.29, 0.717) is 12.0 Å². The molecule has 1 aliphatic rings. The number of nitrogens with one attached hydrogen (secondary N) is 1. The molecule has 122 valence electrons. The second-order valence-electron chi connectivity index (χ2n) is 6.44. The molecule has 0 aromatic heterocycles. The van der Waals surface area contributed by atoms with Crippen molar-refractivity contribution in [1.82, 2.24) is 4.90 Å². The van der Waals surface area contributed by atoms with Crippen LogP contribution in [0.5, 0.6) is 0 Å². The minimum atomic E-state index is 0.482. The van der Waals surface area contributed by atoms with Gasteiger partial charge in [-0.1, -0.05) is 48.5 Å². The normalized spacial score (nSPS) is 22.0. The molecule has 3 rings (SSSR count). The van der Waals surface area contributed by atoms with Gasteiger partial charge in [0, 0.05) is 37.3 Å². The standard InChI is InChI=1S/C20H27N3/c21-15-18-16-23(13-11-17-7-3-1-4-8-17)14-12-20(18)22-19-9-5-2-6-10-19/h1-10,18,20,22H,11-16,21H2/t18-,20-/m1/s1. The molecule has 3 heteroatoms. The highest BCUT2D eigenvalue weighted by molar-refractivity contribution is 5.43. The Morgan fingerprint density at radius 1 is 1.00 bits per heavy atom. The summed E-state index contributed by atoms with van der Waals surface area (Å²) >= 11 is 0. The van der Waals surface area contributed by atoms with Crippen LogP contribution in [0, 0.1) is 5.92 Å². The van der Waals surface area contributed by atoms with Gasteiger partial charge in [0.25, 0.3) is 0 Å². The summed E-state index contributed by atoms with van der Waals surface area (Å²) in [6, 6.07) is 21.7. The van der Waals surface area contributed by atoms with Gasteiger partial charge in [0.2, 0.25) is 0 Å². The summed E-state index contributed by atoms with van der Waals surface area (Å²) in [5.41, 5.74) is 8.67. The zero-order valence-corrected chi connectivity index (χ0v) is 13.7. The molecule has 2 aromatic carbocycles. The van der Waals surface area contributed by atoms with Gasteiger partial charge in [-0.3, -0.25) is 0 Å². The number of hydrogen-bond donors (Lipinski definition) is 2. The van der Waals surface area contributed by atoms with E-state index in [-0.39, 0.29) is 0 Å². The summed E-state index contributed by atoms with van der Waals surface area (Å²) < 4.78 is 0. The highest BCUT2D eigenvalue weighted by Gasteiger charge is 2.27. The number of nitrogens with two attached hydrogens (primary N) is 1. The molecule has 2 aromatic rings. The van der Waals surface area contributed by atoms with E-state index in [0.717, 1.165) is 39.0 Å². The van der Waals surface area contributed by atoms with Crippen molar-refractivity contribution in [3.8, 4) is 0 Å². The number of nitrogens with zero attached hydrogens (tertiary/aromatic N) is 1. The average Bonchev–Trinajstić information content (AvgIpc) is 2.62. The van der Waals surface area contributed by atoms with Gasteiger partial charge in [0.1, 0.15) is 0 Å². The third-order valence-corrected chi connectivity index (χ3v) is 4.81. The van der Waals surface area contributed by atoms with Crippen LogP contribution in [0.2, 0.25) is 0 Å². The topological polar surface area (TPSA) is 41.3 Å². The Balaban J connectivity index is 1.52. The number of rotatable bonds is 6. The summed E-state index contributed by atoms with van der Waals surface area (Å²) in [5, 5.41) is 3.67. The van der Waals surface area contributed by atoms with Crippen molar-refractivity contribution in [3.05, 3.63) is 66.2 Å². The molecule has 0 bridgehead atoms. The highest BCUT2D eigenvalue weighted by atomic mass is 15.1. The van der Waals surface area contributed by atoms with Gasteiger partial charge >= 0.3 is 0 Å². The van der Waals surface area contributed by atoms with E-state index < -0.39 is 0 Å². The van der Waals surface area contributed by atoms with Crippen molar-refractivity contribution in [2.45, 2.75) is 18.9 Å². The summed E-state index contributed by atoms with van der Waals surface area (Å²) in [7, 11) is 0. The van der Waals surface area contributed by atoms with Crippen LogP contribution in [0.3, 0.4) is 0 Å². The van der Waals surface area contributed by atoms with Crippen LogP contribution in [-0.4, -0.2) is 37.1 Å². The number of piperidine rings is 1. The smallest absolute Gasteiger partial charge is 0.0342 e. The maximum Gasteiger partial charge on any atom is 0.0342 e.